The van der Waals surface area contributed by atoms with E-state index in [-0.39, 0.29) is 6.04 Å². The van der Waals surface area contributed by atoms with Crippen LogP contribution in [0.25, 0.3) is 0 Å². The first kappa shape index (κ1) is 17.1. The molecule has 1 heterocycles. The fourth-order valence-electron chi connectivity index (χ4n) is 5.00. The van der Waals surface area contributed by atoms with Gasteiger partial charge in [0.15, 0.2) is 0 Å². The maximum absolute atomic E-state index is 12.2. The lowest BCUT2D eigenvalue weighted by Crippen LogP contribution is -2.67. The highest BCUT2D eigenvalue weighted by atomic mass is 16.5. The molecule has 2 aliphatic rings. The van der Waals surface area contributed by atoms with E-state index in [1.807, 2.05) is 24.3 Å². The molecule has 3 atom stereocenters. The van der Waals surface area contributed by atoms with Gasteiger partial charge in [0.05, 0.1) is 18.7 Å². The van der Waals surface area contributed by atoms with Gasteiger partial charge in [-0.15, -0.1) is 0 Å². The summed E-state index contributed by atoms with van der Waals surface area (Å²) in [6, 6.07) is 15.8. The van der Waals surface area contributed by atoms with E-state index in [0.29, 0.717) is 5.56 Å². The third-order valence-electron chi connectivity index (χ3n) is 6.58. The number of hydrogen-bond donors (Lipinski definition) is 1. The van der Waals surface area contributed by atoms with Crippen molar-refractivity contribution in [3.63, 3.8) is 0 Å². The summed E-state index contributed by atoms with van der Waals surface area (Å²) >= 11 is 0. The number of rotatable bonds is 2. The van der Waals surface area contributed by atoms with Gasteiger partial charge in [0, 0.05) is 11.5 Å². The maximum Gasteiger partial charge on any atom is 0.119 e. The smallest absolute Gasteiger partial charge is 0.119 e. The first-order valence-electron chi connectivity index (χ1n) is 9.04. The minimum atomic E-state index is -1.06. The largest absolute Gasteiger partial charge is 0.497 e. The first-order valence-corrected chi connectivity index (χ1v) is 9.04. The Morgan fingerprint density at radius 1 is 1.27 bits per heavy atom. The number of methoxy groups -OCH3 is 1. The number of aliphatic hydroxyl groups is 1. The molecular formula is C22H24N2O2. The van der Waals surface area contributed by atoms with Gasteiger partial charge in [0.2, 0.25) is 0 Å². The Morgan fingerprint density at radius 2 is 2.08 bits per heavy atom. The van der Waals surface area contributed by atoms with Crippen LogP contribution in [0.15, 0.2) is 42.5 Å². The molecule has 4 nitrogen and oxygen atoms in total. The summed E-state index contributed by atoms with van der Waals surface area (Å²) < 4.78 is 5.46. The number of hydrogen-bond acceptors (Lipinski definition) is 4. The monoisotopic (exact) mass is 348 g/mol. The van der Waals surface area contributed by atoms with Gasteiger partial charge in [-0.2, -0.15) is 5.26 Å². The van der Waals surface area contributed by atoms with Crippen LogP contribution in [-0.2, 0) is 17.4 Å². The van der Waals surface area contributed by atoms with E-state index in [1.54, 1.807) is 13.2 Å². The first-order chi connectivity index (χ1) is 12.4. The van der Waals surface area contributed by atoms with Crippen LogP contribution < -0.4 is 4.74 Å². The summed E-state index contributed by atoms with van der Waals surface area (Å²) in [4.78, 5) is 2.26. The van der Waals surface area contributed by atoms with E-state index in [0.717, 1.165) is 36.3 Å². The van der Waals surface area contributed by atoms with Crippen LogP contribution in [0, 0.1) is 11.3 Å². The van der Waals surface area contributed by atoms with E-state index >= 15 is 0 Å². The number of benzene rings is 2. The Hall–Kier alpha value is -2.35. The molecule has 2 aromatic rings. The van der Waals surface area contributed by atoms with Crippen LogP contribution in [0.5, 0.6) is 5.75 Å². The molecule has 1 fully saturated rings. The zero-order valence-corrected chi connectivity index (χ0v) is 15.5. The maximum atomic E-state index is 12.2. The van der Waals surface area contributed by atoms with Crippen LogP contribution in [0.4, 0.5) is 0 Å². The highest BCUT2D eigenvalue weighted by Crippen LogP contribution is 2.56. The van der Waals surface area contributed by atoms with Gasteiger partial charge in [-0.05, 0) is 67.4 Å². The molecule has 0 aromatic heterocycles. The Morgan fingerprint density at radius 3 is 2.81 bits per heavy atom. The molecule has 26 heavy (non-hydrogen) atoms. The Bertz CT molecular complexity index is 903. The van der Waals surface area contributed by atoms with E-state index in [1.165, 1.54) is 5.56 Å². The molecule has 0 amide bonds. The SMILES string of the molecule is COc1ccc2c(c1)[C@]1(C)CCN(C)C(C2)[C@]1(O)c1cccc(C#N)c1. The molecule has 0 spiro atoms. The van der Waals surface area contributed by atoms with Gasteiger partial charge >= 0.3 is 0 Å². The quantitative estimate of drug-likeness (QED) is 0.906. The van der Waals surface area contributed by atoms with Gasteiger partial charge in [-0.1, -0.05) is 25.1 Å². The number of nitriles is 1. The van der Waals surface area contributed by atoms with Gasteiger partial charge < -0.3 is 9.84 Å². The molecular weight excluding hydrogens is 324 g/mol. The Balaban J connectivity index is 1.97. The zero-order chi connectivity index (χ0) is 18.5. The molecule has 1 saturated heterocycles. The van der Waals surface area contributed by atoms with Gasteiger partial charge in [0.1, 0.15) is 11.4 Å². The van der Waals surface area contributed by atoms with Crippen molar-refractivity contribution in [2.24, 2.45) is 0 Å². The number of likely N-dealkylation sites (N-methyl/N-ethyl adjacent to an activating group) is 1. The second-order valence-corrected chi connectivity index (χ2v) is 7.76. The summed E-state index contributed by atoms with van der Waals surface area (Å²) in [6.07, 6.45) is 1.62. The lowest BCUT2D eigenvalue weighted by atomic mass is 9.53. The van der Waals surface area contributed by atoms with Crippen molar-refractivity contribution >= 4 is 0 Å². The number of fused-ring (bicyclic) bond motifs is 4. The van der Waals surface area contributed by atoms with Crippen LogP contribution in [0.1, 0.15) is 35.6 Å². The Labute approximate surface area is 154 Å². The van der Waals surface area contributed by atoms with Crippen molar-refractivity contribution < 1.29 is 9.84 Å². The molecule has 0 saturated carbocycles. The number of piperidine rings is 1. The van der Waals surface area contributed by atoms with Crippen LogP contribution in [-0.4, -0.2) is 36.8 Å². The molecule has 4 heteroatoms. The van der Waals surface area contributed by atoms with Crippen LogP contribution >= 0.6 is 0 Å². The molecule has 0 radical (unpaired) electrons. The number of nitrogens with zero attached hydrogens (tertiary/aromatic N) is 2. The number of ether oxygens (including phenoxy) is 1. The summed E-state index contributed by atoms with van der Waals surface area (Å²) in [7, 11) is 3.75. The molecule has 1 aliphatic heterocycles. The second kappa shape index (κ2) is 5.84. The Kier molecular flexibility index (Phi) is 3.83. The summed E-state index contributed by atoms with van der Waals surface area (Å²) in [5.41, 5.74) is 2.32. The molecule has 4 rings (SSSR count). The van der Waals surface area contributed by atoms with E-state index in [9.17, 15) is 10.4 Å². The summed E-state index contributed by atoms with van der Waals surface area (Å²) in [5.74, 6) is 0.815. The zero-order valence-electron chi connectivity index (χ0n) is 15.5. The van der Waals surface area contributed by atoms with Crippen molar-refractivity contribution in [2.45, 2.75) is 36.8 Å². The molecule has 1 N–H and O–H groups in total. The van der Waals surface area contributed by atoms with Crippen molar-refractivity contribution in [3.05, 3.63) is 64.7 Å². The van der Waals surface area contributed by atoms with Crippen LogP contribution in [0.2, 0.25) is 0 Å². The predicted molar refractivity (Wildman–Crippen MR) is 100 cm³/mol. The van der Waals surface area contributed by atoms with Crippen molar-refractivity contribution in [1.82, 2.24) is 4.90 Å². The fraction of sp³-hybridized carbons (Fsp3) is 0.409. The minimum Gasteiger partial charge on any atom is -0.497 e. The van der Waals surface area contributed by atoms with E-state index in [4.69, 9.17) is 4.74 Å². The van der Waals surface area contributed by atoms with Crippen LogP contribution in [0.3, 0.4) is 0 Å². The molecule has 134 valence electrons. The highest BCUT2D eigenvalue weighted by Gasteiger charge is 2.60. The standard InChI is InChI=1S/C22H24N2O2/c1-21-9-10-24(2)20(12-16-7-8-18(26-3)13-19(16)21)22(21,25)17-6-4-5-15(11-17)14-23/h4-8,11,13,20,25H,9-10,12H2,1-3H3/t20?,21-,22+/m0/s1. The average Bonchev–Trinajstić information content (AvgIpc) is 2.67. The van der Waals surface area contributed by atoms with Crippen molar-refractivity contribution in [2.75, 3.05) is 20.7 Å². The fourth-order valence-corrected chi connectivity index (χ4v) is 5.00. The molecule has 2 bridgehead atoms. The predicted octanol–water partition coefficient (Wildman–Crippen LogP) is 2.97. The van der Waals surface area contributed by atoms with Gasteiger partial charge in [-0.25, -0.2) is 0 Å². The lowest BCUT2D eigenvalue weighted by Gasteiger charge is -2.60. The molecule has 1 unspecified atom stereocenters. The third kappa shape index (κ3) is 2.14. The average molecular weight is 348 g/mol. The van der Waals surface area contributed by atoms with Gasteiger partial charge in [-0.3, -0.25) is 4.90 Å². The topological polar surface area (TPSA) is 56.5 Å². The summed E-state index contributed by atoms with van der Waals surface area (Å²) in [6.45, 7) is 3.08. The van der Waals surface area contributed by atoms with Gasteiger partial charge in [0.25, 0.3) is 0 Å². The third-order valence-corrected chi connectivity index (χ3v) is 6.58. The number of likely N-dealkylation sites (tertiary alicyclic amines) is 1. The van der Waals surface area contributed by atoms with E-state index in [2.05, 4.69) is 37.1 Å². The van der Waals surface area contributed by atoms with Crippen molar-refractivity contribution in [1.29, 1.82) is 5.26 Å². The summed E-state index contributed by atoms with van der Waals surface area (Å²) in [5, 5.41) is 21.5. The highest BCUT2D eigenvalue weighted by molar-refractivity contribution is 5.51. The lowest BCUT2D eigenvalue weighted by molar-refractivity contribution is -0.141. The van der Waals surface area contributed by atoms with E-state index < -0.39 is 11.0 Å². The normalized spacial score (nSPS) is 30.3. The molecule has 2 aromatic carbocycles. The molecule has 1 aliphatic carbocycles. The minimum absolute atomic E-state index is 0.0314. The second-order valence-electron chi connectivity index (χ2n) is 7.76. The van der Waals surface area contributed by atoms with Crippen molar-refractivity contribution in [3.8, 4) is 11.8 Å².